The fourth-order valence-electron chi connectivity index (χ4n) is 4.25. The highest BCUT2D eigenvalue weighted by atomic mass is 16.4. The first-order valence-electron chi connectivity index (χ1n) is 8.94. The number of hydrogen-bond acceptors (Lipinski definition) is 3. The maximum atomic E-state index is 13.1. The second kappa shape index (κ2) is 5.27. The van der Waals surface area contributed by atoms with E-state index in [0.29, 0.717) is 18.7 Å². The summed E-state index contributed by atoms with van der Waals surface area (Å²) in [6.07, 6.45) is 8.48. The van der Waals surface area contributed by atoms with Gasteiger partial charge in [-0.1, -0.05) is 36.4 Å². The zero-order chi connectivity index (χ0) is 17.9. The number of fused-ring (bicyclic) bond motifs is 4. The van der Waals surface area contributed by atoms with Crippen LogP contribution in [0.4, 0.5) is 0 Å². The zero-order valence-electron chi connectivity index (χ0n) is 14.2. The molecule has 26 heavy (non-hydrogen) atoms. The Morgan fingerprint density at radius 2 is 2.08 bits per heavy atom. The second-order valence-electron chi connectivity index (χ2n) is 7.30. The van der Waals surface area contributed by atoms with Crippen molar-refractivity contribution in [2.24, 2.45) is 5.41 Å². The molecule has 2 heterocycles. The van der Waals surface area contributed by atoms with Crippen LogP contribution < -0.4 is 5.56 Å². The Labute approximate surface area is 150 Å². The minimum atomic E-state index is -0.913. The maximum absolute atomic E-state index is 13.1. The summed E-state index contributed by atoms with van der Waals surface area (Å²) in [5.74, 6) is -0.285. The van der Waals surface area contributed by atoms with Gasteiger partial charge in [0.1, 0.15) is 11.2 Å². The fraction of sp³-hybridized carbons (Fsp3) is 0.286. The third kappa shape index (κ3) is 2.06. The Bertz CT molecular complexity index is 1050. The highest BCUT2D eigenvalue weighted by Gasteiger charge is 2.62. The van der Waals surface area contributed by atoms with E-state index >= 15 is 0 Å². The number of aromatic nitrogens is 2. The van der Waals surface area contributed by atoms with Crippen LogP contribution in [-0.4, -0.2) is 20.6 Å². The number of allylic oxidation sites excluding steroid dienone is 1. The summed E-state index contributed by atoms with van der Waals surface area (Å²) in [4.78, 5) is 29.5. The molecule has 2 atom stereocenters. The van der Waals surface area contributed by atoms with Crippen molar-refractivity contribution in [1.82, 2.24) is 9.55 Å². The molecule has 1 saturated carbocycles. The van der Waals surface area contributed by atoms with Crippen molar-refractivity contribution in [3.63, 3.8) is 0 Å². The molecule has 2 unspecified atom stereocenters. The normalized spacial score (nSPS) is 26.8. The van der Waals surface area contributed by atoms with E-state index in [9.17, 15) is 14.7 Å². The van der Waals surface area contributed by atoms with Crippen molar-refractivity contribution in [3.05, 3.63) is 69.4 Å². The van der Waals surface area contributed by atoms with Crippen molar-refractivity contribution < 1.29 is 9.90 Å². The number of carboxylic acids is 1. The van der Waals surface area contributed by atoms with E-state index in [-0.39, 0.29) is 11.6 Å². The predicted octanol–water partition coefficient (Wildman–Crippen LogP) is 3.16. The Balaban J connectivity index is 1.66. The molecule has 5 heteroatoms. The van der Waals surface area contributed by atoms with Gasteiger partial charge in [0, 0.05) is 5.56 Å². The van der Waals surface area contributed by atoms with Crippen molar-refractivity contribution in [2.75, 3.05) is 0 Å². The van der Waals surface area contributed by atoms with Gasteiger partial charge >= 0.3 is 5.97 Å². The van der Waals surface area contributed by atoms with E-state index in [1.54, 1.807) is 16.7 Å². The van der Waals surface area contributed by atoms with Gasteiger partial charge in [0.15, 0.2) is 0 Å². The van der Waals surface area contributed by atoms with E-state index in [0.717, 1.165) is 35.2 Å². The van der Waals surface area contributed by atoms with Gasteiger partial charge in [0.2, 0.25) is 0 Å². The minimum Gasteiger partial charge on any atom is -0.481 e. The predicted molar refractivity (Wildman–Crippen MR) is 98.5 cm³/mol. The van der Waals surface area contributed by atoms with Crippen LogP contribution in [0.15, 0.2) is 41.2 Å². The average molecular weight is 346 g/mol. The third-order valence-electron chi connectivity index (χ3n) is 5.76. The average Bonchev–Trinajstić information content (AvgIpc) is 3.40. The molecule has 0 spiro atoms. The first-order valence-corrected chi connectivity index (χ1v) is 8.94. The van der Waals surface area contributed by atoms with Crippen LogP contribution in [0.25, 0.3) is 17.7 Å². The summed E-state index contributed by atoms with van der Waals surface area (Å²) in [6.45, 7) is 0. The summed E-state index contributed by atoms with van der Waals surface area (Å²) in [6, 6.07) is 9.75. The number of hydrogen-bond donors (Lipinski definition) is 1. The number of rotatable bonds is 2. The molecule has 1 aromatic heterocycles. The number of aliphatic carboxylic acids is 1. The zero-order valence-corrected chi connectivity index (χ0v) is 14.2. The highest BCUT2D eigenvalue weighted by molar-refractivity contribution is 5.85. The lowest BCUT2D eigenvalue weighted by Crippen LogP contribution is -2.33. The molecule has 3 aliphatic rings. The van der Waals surface area contributed by atoms with Gasteiger partial charge in [-0.15, -0.1) is 0 Å². The molecule has 1 N–H and O–H groups in total. The smallest absolute Gasteiger partial charge is 0.315 e. The topological polar surface area (TPSA) is 72.2 Å². The monoisotopic (exact) mass is 346 g/mol. The van der Waals surface area contributed by atoms with Crippen LogP contribution in [0, 0.1) is 5.41 Å². The maximum Gasteiger partial charge on any atom is 0.315 e. The summed E-state index contributed by atoms with van der Waals surface area (Å²) < 4.78 is 1.61. The van der Waals surface area contributed by atoms with Crippen LogP contribution in [-0.2, 0) is 11.2 Å². The molecule has 2 aromatic rings. The first-order chi connectivity index (χ1) is 12.6. The van der Waals surface area contributed by atoms with E-state index in [1.807, 2.05) is 30.3 Å². The third-order valence-corrected chi connectivity index (χ3v) is 5.76. The van der Waals surface area contributed by atoms with Gasteiger partial charge in [0.05, 0.1) is 11.7 Å². The quantitative estimate of drug-likeness (QED) is 0.907. The summed E-state index contributed by atoms with van der Waals surface area (Å²) >= 11 is 0. The van der Waals surface area contributed by atoms with Gasteiger partial charge in [-0.2, -0.15) is 0 Å². The van der Waals surface area contributed by atoms with Crippen LogP contribution in [0.1, 0.15) is 47.9 Å². The molecule has 1 aromatic carbocycles. The van der Waals surface area contributed by atoms with E-state index in [2.05, 4.69) is 6.08 Å². The minimum absolute atomic E-state index is 0.0684. The second-order valence-corrected chi connectivity index (χ2v) is 7.30. The molecular weight excluding hydrogens is 328 g/mol. The van der Waals surface area contributed by atoms with Crippen molar-refractivity contribution in [3.8, 4) is 0 Å². The number of benzene rings is 1. The van der Waals surface area contributed by atoms with Gasteiger partial charge in [-0.25, -0.2) is 4.98 Å². The summed E-state index contributed by atoms with van der Waals surface area (Å²) in [7, 11) is 0. The van der Waals surface area contributed by atoms with Crippen molar-refractivity contribution in [2.45, 2.75) is 31.7 Å². The van der Waals surface area contributed by atoms with Crippen LogP contribution in [0.2, 0.25) is 0 Å². The lowest BCUT2D eigenvalue weighted by molar-refractivity contribution is -0.141. The van der Waals surface area contributed by atoms with E-state index in [4.69, 9.17) is 4.98 Å². The van der Waals surface area contributed by atoms with Crippen LogP contribution in [0.5, 0.6) is 0 Å². The van der Waals surface area contributed by atoms with Gasteiger partial charge in [0.25, 0.3) is 5.56 Å². The van der Waals surface area contributed by atoms with Crippen LogP contribution >= 0.6 is 0 Å². The molecule has 2 aliphatic carbocycles. The van der Waals surface area contributed by atoms with Crippen molar-refractivity contribution in [1.29, 1.82) is 0 Å². The molecule has 1 fully saturated rings. The van der Waals surface area contributed by atoms with Gasteiger partial charge in [-0.05, 0) is 49.0 Å². The molecule has 5 nitrogen and oxygen atoms in total. The Morgan fingerprint density at radius 3 is 2.85 bits per heavy atom. The van der Waals surface area contributed by atoms with Gasteiger partial charge in [-0.3, -0.25) is 14.2 Å². The molecule has 5 rings (SSSR count). The fourth-order valence-corrected chi connectivity index (χ4v) is 4.25. The Kier molecular flexibility index (Phi) is 3.11. The molecular formula is C21H18N2O3. The number of carboxylic acid groups (broad SMARTS) is 1. The van der Waals surface area contributed by atoms with E-state index < -0.39 is 11.4 Å². The van der Waals surface area contributed by atoms with Gasteiger partial charge < -0.3 is 5.11 Å². The molecule has 0 saturated heterocycles. The largest absolute Gasteiger partial charge is 0.481 e. The molecule has 0 bridgehead atoms. The lowest BCUT2D eigenvalue weighted by Gasteiger charge is -2.23. The SMILES string of the molecule is O=C(O)C12C=Cc3nc4c(c(=O)n3C1C2)CCC/C4=C/c1ccccc1. The number of nitrogens with zero attached hydrogens (tertiary/aromatic N) is 2. The molecule has 0 radical (unpaired) electrons. The van der Waals surface area contributed by atoms with Crippen molar-refractivity contribution >= 4 is 23.7 Å². The Morgan fingerprint density at radius 1 is 1.27 bits per heavy atom. The summed E-state index contributed by atoms with van der Waals surface area (Å²) in [5.41, 5.74) is 2.70. The standard InChI is InChI=1S/C21H18N2O3/c24-19-15-8-4-7-14(11-13-5-2-1-3-6-13)18(15)22-17-9-10-21(20(25)26)12-16(21)23(17)19/h1-3,5-6,9-11,16H,4,7-8,12H2,(H,25,26)/b14-11-. The van der Waals surface area contributed by atoms with Crippen LogP contribution in [0.3, 0.4) is 0 Å². The van der Waals surface area contributed by atoms with E-state index in [1.165, 1.54) is 0 Å². The number of carbonyl (C=O) groups is 1. The molecule has 0 amide bonds. The highest BCUT2D eigenvalue weighted by Crippen LogP contribution is 2.59. The first kappa shape index (κ1) is 15.3. The summed E-state index contributed by atoms with van der Waals surface area (Å²) in [5, 5.41) is 9.50. The Hall–Kier alpha value is -2.95. The molecule has 1 aliphatic heterocycles. The lowest BCUT2D eigenvalue weighted by atomic mass is 9.90. The molecule has 130 valence electrons.